The second-order valence-corrected chi connectivity index (χ2v) is 8.96. The standard InChI is InChI=1S/C23H24N4OS2/c1-15-9-8-12-20(16(15)2)28-17(3)21-25-26-23(27(21)4)30-14-19-13-29-22(24-19)18-10-6-5-7-11-18/h5-13,17H,14H2,1-4H3. The molecule has 30 heavy (non-hydrogen) atoms. The van der Waals surface area contributed by atoms with Gasteiger partial charge in [0.1, 0.15) is 10.8 Å². The molecule has 1 unspecified atom stereocenters. The summed E-state index contributed by atoms with van der Waals surface area (Å²) in [5, 5.41) is 12.8. The second kappa shape index (κ2) is 9.02. The normalized spacial score (nSPS) is 12.1. The van der Waals surface area contributed by atoms with Gasteiger partial charge in [0.15, 0.2) is 17.1 Å². The van der Waals surface area contributed by atoms with Crippen LogP contribution in [-0.2, 0) is 12.8 Å². The van der Waals surface area contributed by atoms with E-state index in [0.29, 0.717) is 0 Å². The van der Waals surface area contributed by atoms with E-state index in [1.807, 2.05) is 48.9 Å². The number of rotatable bonds is 7. The lowest BCUT2D eigenvalue weighted by molar-refractivity contribution is 0.210. The van der Waals surface area contributed by atoms with Crippen LogP contribution >= 0.6 is 23.1 Å². The Hall–Kier alpha value is -2.64. The third kappa shape index (κ3) is 4.42. The molecule has 5 nitrogen and oxygen atoms in total. The zero-order valence-electron chi connectivity index (χ0n) is 17.5. The summed E-state index contributed by atoms with van der Waals surface area (Å²) in [5.41, 5.74) is 4.57. The lowest BCUT2D eigenvalue weighted by Gasteiger charge is -2.16. The molecule has 7 heteroatoms. The minimum absolute atomic E-state index is 0.193. The predicted octanol–water partition coefficient (Wildman–Crippen LogP) is 5.99. The first kappa shape index (κ1) is 20.6. The molecule has 0 radical (unpaired) electrons. The maximum Gasteiger partial charge on any atom is 0.191 e. The monoisotopic (exact) mass is 436 g/mol. The Balaban J connectivity index is 1.42. The Morgan fingerprint density at radius 3 is 2.67 bits per heavy atom. The number of aryl methyl sites for hydroxylation is 1. The van der Waals surface area contributed by atoms with Gasteiger partial charge in [-0.1, -0.05) is 54.2 Å². The van der Waals surface area contributed by atoms with Crippen LogP contribution in [0.5, 0.6) is 5.75 Å². The van der Waals surface area contributed by atoms with Crippen molar-refractivity contribution in [2.45, 2.75) is 37.8 Å². The smallest absolute Gasteiger partial charge is 0.191 e. The van der Waals surface area contributed by atoms with Gasteiger partial charge in [-0.3, -0.25) is 0 Å². The van der Waals surface area contributed by atoms with Crippen LogP contribution in [0.4, 0.5) is 0 Å². The summed E-state index contributed by atoms with van der Waals surface area (Å²) in [4.78, 5) is 4.76. The molecule has 4 rings (SSSR count). The highest BCUT2D eigenvalue weighted by molar-refractivity contribution is 7.98. The minimum Gasteiger partial charge on any atom is -0.482 e. The van der Waals surface area contributed by atoms with Crippen LogP contribution in [0.1, 0.15) is 35.7 Å². The molecule has 4 aromatic rings. The summed E-state index contributed by atoms with van der Waals surface area (Å²) in [6.07, 6.45) is -0.193. The molecule has 0 amide bonds. The third-order valence-corrected chi connectivity index (χ3v) is 7.01. The van der Waals surface area contributed by atoms with Crippen molar-refractivity contribution in [2.75, 3.05) is 0 Å². The van der Waals surface area contributed by atoms with E-state index < -0.39 is 0 Å². The molecule has 1 atom stereocenters. The van der Waals surface area contributed by atoms with Crippen molar-refractivity contribution in [3.63, 3.8) is 0 Å². The molecule has 0 saturated heterocycles. The molecule has 0 fully saturated rings. The first-order chi connectivity index (χ1) is 14.5. The van der Waals surface area contributed by atoms with Crippen molar-refractivity contribution in [1.82, 2.24) is 19.7 Å². The van der Waals surface area contributed by atoms with Crippen LogP contribution in [0.15, 0.2) is 59.1 Å². The number of nitrogens with zero attached hydrogens (tertiary/aromatic N) is 4. The van der Waals surface area contributed by atoms with Gasteiger partial charge in [-0.05, 0) is 38.0 Å². The summed E-state index contributed by atoms with van der Waals surface area (Å²) >= 11 is 3.31. The van der Waals surface area contributed by atoms with Gasteiger partial charge < -0.3 is 9.30 Å². The van der Waals surface area contributed by atoms with Crippen molar-refractivity contribution >= 4 is 23.1 Å². The van der Waals surface area contributed by atoms with Crippen molar-refractivity contribution in [1.29, 1.82) is 0 Å². The molecule has 154 valence electrons. The van der Waals surface area contributed by atoms with Gasteiger partial charge in [-0.25, -0.2) is 4.98 Å². The number of hydrogen-bond acceptors (Lipinski definition) is 6. The summed E-state index contributed by atoms with van der Waals surface area (Å²) in [6.45, 7) is 6.17. The molecule has 0 N–H and O–H groups in total. The Morgan fingerprint density at radius 2 is 1.87 bits per heavy atom. The zero-order chi connectivity index (χ0) is 21.1. The minimum atomic E-state index is -0.193. The third-order valence-electron chi connectivity index (χ3n) is 5.01. The second-order valence-electron chi connectivity index (χ2n) is 7.16. The Morgan fingerprint density at radius 1 is 1.07 bits per heavy atom. The van der Waals surface area contributed by atoms with E-state index in [1.54, 1.807) is 23.1 Å². The van der Waals surface area contributed by atoms with Gasteiger partial charge in [-0.2, -0.15) is 0 Å². The average Bonchev–Trinajstić information content (AvgIpc) is 3.37. The van der Waals surface area contributed by atoms with Crippen LogP contribution < -0.4 is 4.74 Å². The number of thioether (sulfide) groups is 1. The number of hydrogen-bond donors (Lipinski definition) is 0. The molecule has 0 aliphatic carbocycles. The average molecular weight is 437 g/mol. The fraction of sp³-hybridized carbons (Fsp3) is 0.261. The summed E-state index contributed by atoms with van der Waals surface area (Å²) in [7, 11) is 1.98. The first-order valence-corrected chi connectivity index (χ1v) is 11.6. The number of thiazole rings is 1. The number of benzene rings is 2. The maximum atomic E-state index is 6.18. The van der Waals surface area contributed by atoms with Crippen LogP contribution in [0.2, 0.25) is 0 Å². The van der Waals surface area contributed by atoms with E-state index in [2.05, 4.69) is 47.6 Å². The quantitative estimate of drug-likeness (QED) is 0.333. The maximum absolute atomic E-state index is 6.18. The van der Waals surface area contributed by atoms with E-state index in [4.69, 9.17) is 9.72 Å². The zero-order valence-corrected chi connectivity index (χ0v) is 19.1. The molecule has 0 aliphatic heterocycles. The lowest BCUT2D eigenvalue weighted by Crippen LogP contribution is -2.10. The molecule has 0 saturated carbocycles. The van der Waals surface area contributed by atoms with Gasteiger partial charge in [0.05, 0.1) is 5.69 Å². The van der Waals surface area contributed by atoms with Crippen LogP contribution in [-0.4, -0.2) is 19.7 Å². The highest BCUT2D eigenvalue weighted by Crippen LogP contribution is 2.29. The van der Waals surface area contributed by atoms with Gasteiger partial charge in [-0.15, -0.1) is 21.5 Å². The largest absolute Gasteiger partial charge is 0.482 e. The van der Waals surface area contributed by atoms with Gasteiger partial charge in [0.25, 0.3) is 0 Å². The Labute approximate surface area is 185 Å². The van der Waals surface area contributed by atoms with Gasteiger partial charge in [0, 0.05) is 23.7 Å². The Kier molecular flexibility index (Phi) is 6.20. The van der Waals surface area contributed by atoms with E-state index in [-0.39, 0.29) is 6.10 Å². The summed E-state index contributed by atoms with van der Waals surface area (Å²) in [6, 6.07) is 16.4. The van der Waals surface area contributed by atoms with E-state index in [9.17, 15) is 0 Å². The lowest BCUT2D eigenvalue weighted by atomic mass is 10.1. The number of ether oxygens (including phenoxy) is 1. The van der Waals surface area contributed by atoms with Crippen LogP contribution in [0.25, 0.3) is 10.6 Å². The molecule has 2 aromatic carbocycles. The van der Waals surface area contributed by atoms with Crippen LogP contribution in [0.3, 0.4) is 0 Å². The van der Waals surface area contributed by atoms with E-state index >= 15 is 0 Å². The van der Waals surface area contributed by atoms with Crippen LogP contribution in [0, 0.1) is 13.8 Å². The number of aromatic nitrogens is 4. The van der Waals surface area contributed by atoms with Crippen molar-refractivity contribution < 1.29 is 4.74 Å². The molecular weight excluding hydrogens is 412 g/mol. The van der Waals surface area contributed by atoms with E-state index in [1.165, 1.54) is 5.56 Å². The highest BCUT2D eigenvalue weighted by Gasteiger charge is 2.18. The fourth-order valence-electron chi connectivity index (χ4n) is 3.13. The molecule has 0 spiro atoms. The molecule has 2 heterocycles. The summed E-state index contributed by atoms with van der Waals surface area (Å²) < 4.78 is 8.18. The topological polar surface area (TPSA) is 52.8 Å². The molecule has 0 bridgehead atoms. The Bertz CT molecular complexity index is 1140. The SMILES string of the molecule is Cc1cccc(OC(C)c2nnc(SCc3csc(-c4ccccc4)n3)n2C)c1C. The van der Waals surface area contributed by atoms with Crippen molar-refractivity contribution in [2.24, 2.45) is 7.05 Å². The van der Waals surface area contributed by atoms with Crippen molar-refractivity contribution in [3.8, 4) is 16.3 Å². The highest BCUT2D eigenvalue weighted by atomic mass is 32.2. The van der Waals surface area contributed by atoms with Gasteiger partial charge in [0.2, 0.25) is 0 Å². The van der Waals surface area contributed by atoms with Crippen molar-refractivity contribution in [3.05, 3.63) is 76.6 Å². The molecular formula is C23H24N4OS2. The fourth-order valence-corrected chi connectivity index (χ4v) is 4.87. The predicted molar refractivity (Wildman–Crippen MR) is 123 cm³/mol. The first-order valence-electron chi connectivity index (χ1n) is 9.77. The van der Waals surface area contributed by atoms with Gasteiger partial charge >= 0.3 is 0 Å². The summed E-state index contributed by atoms with van der Waals surface area (Å²) in [5.74, 6) is 2.44. The van der Waals surface area contributed by atoms with E-state index in [0.717, 1.165) is 44.3 Å². The molecule has 0 aliphatic rings. The molecule has 2 aromatic heterocycles.